The molecule has 2 amide bonds. The first kappa shape index (κ1) is 13.2. The summed E-state index contributed by atoms with van der Waals surface area (Å²) in [5.74, 6) is -1.49. The van der Waals surface area contributed by atoms with Crippen molar-refractivity contribution in [2.45, 2.75) is 19.9 Å². The minimum atomic E-state index is -0.755. The molecule has 1 atom stereocenters. The summed E-state index contributed by atoms with van der Waals surface area (Å²) in [7, 11) is 0. The number of carbonyl (C=O) groups is 2. The topological polar surface area (TPSA) is 78.4 Å². The van der Waals surface area contributed by atoms with Gasteiger partial charge in [-0.2, -0.15) is 0 Å². The van der Waals surface area contributed by atoms with Crippen molar-refractivity contribution in [1.82, 2.24) is 5.32 Å². The average Bonchev–Trinajstić information content (AvgIpc) is 2.31. The number of aliphatic hydroxyl groups excluding tert-OH is 1. The van der Waals surface area contributed by atoms with E-state index in [1.54, 1.807) is 19.1 Å². The number of carbonyl (C=O) groups excluding carboxylic acids is 2. The van der Waals surface area contributed by atoms with Gasteiger partial charge < -0.3 is 15.7 Å². The fraction of sp³-hybridized carbons (Fsp3) is 0.333. The van der Waals surface area contributed by atoms with Crippen LogP contribution in [0.5, 0.6) is 0 Å². The smallest absolute Gasteiger partial charge is 0.313 e. The van der Waals surface area contributed by atoms with Crippen LogP contribution in [-0.4, -0.2) is 29.6 Å². The molecule has 5 nitrogen and oxygen atoms in total. The minimum absolute atomic E-state index is 0.205. The third kappa shape index (κ3) is 3.88. The lowest BCUT2D eigenvalue weighted by molar-refractivity contribution is -0.136. The van der Waals surface area contributed by atoms with Gasteiger partial charge >= 0.3 is 11.8 Å². The van der Waals surface area contributed by atoms with E-state index in [0.29, 0.717) is 5.69 Å². The Morgan fingerprint density at radius 2 is 1.94 bits per heavy atom. The normalized spacial score (nSPS) is 11.7. The Bertz CT molecular complexity index is 418. The zero-order valence-electron chi connectivity index (χ0n) is 9.86. The maximum absolute atomic E-state index is 11.5. The number of anilines is 1. The first-order valence-electron chi connectivity index (χ1n) is 5.33. The molecule has 3 N–H and O–H groups in total. The number of aliphatic hydroxyl groups is 1. The summed E-state index contributed by atoms with van der Waals surface area (Å²) in [6.07, 6.45) is 0. The van der Waals surface area contributed by atoms with Gasteiger partial charge in [0, 0.05) is 11.7 Å². The van der Waals surface area contributed by atoms with Crippen LogP contribution in [0.3, 0.4) is 0 Å². The van der Waals surface area contributed by atoms with Crippen LogP contribution in [0.1, 0.15) is 12.5 Å². The Labute approximate surface area is 99.8 Å². The summed E-state index contributed by atoms with van der Waals surface area (Å²) in [6.45, 7) is 3.24. The molecule has 0 aliphatic carbocycles. The lowest BCUT2D eigenvalue weighted by atomic mass is 10.2. The van der Waals surface area contributed by atoms with Crippen molar-refractivity contribution in [3.63, 3.8) is 0 Å². The predicted octanol–water partition coefficient (Wildman–Crippen LogP) is 0.431. The van der Waals surface area contributed by atoms with Crippen molar-refractivity contribution < 1.29 is 14.7 Å². The lowest BCUT2D eigenvalue weighted by Crippen LogP contribution is -2.42. The highest BCUT2D eigenvalue weighted by molar-refractivity contribution is 6.39. The largest absolute Gasteiger partial charge is 0.394 e. The second-order valence-electron chi connectivity index (χ2n) is 3.83. The van der Waals surface area contributed by atoms with E-state index >= 15 is 0 Å². The first-order chi connectivity index (χ1) is 8.04. The Morgan fingerprint density at radius 1 is 1.29 bits per heavy atom. The Hall–Kier alpha value is -1.88. The van der Waals surface area contributed by atoms with E-state index in [1.165, 1.54) is 0 Å². The van der Waals surface area contributed by atoms with Gasteiger partial charge in [-0.25, -0.2) is 0 Å². The number of para-hydroxylation sites is 1. The number of rotatable bonds is 3. The molecule has 92 valence electrons. The number of hydrogen-bond acceptors (Lipinski definition) is 3. The molecule has 0 aliphatic heterocycles. The van der Waals surface area contributed by atoms with E-state index in [1.807, 2.05) is 19.1 Å². The predicted molar refractivity (Wildman–Crippen MR) is 64.5 cm³/mol. The maximum atomic E-state index is 11.5. The Morgan fingerprint density at radius 3 is 2.53 bits per heavy atom. The molecule has 1 aromatic rings. The van der Waals surface area contributed by atoms with Gasteiger partial charge in [-0.1, -0.05) is 18.2 Å². The molecule has 0 radical (unpaired) electrons. The van der Waals surface area contributed by atoms with Gasteiger partial charge in [-0.3, -0.25) is 9.59 Å². The van der Waals surface area contributed by atoms with Crippen LogP contribution < -0.4 is 10.6 Å². The highest BCUT2D eigenvalue weighted by atomic mass is 16.3. The summed E-state index contributed by atoms with van der Waals surface area (Å²) in [5, 5.41) is 13.6. The number of amides is 2. The van der Waals surface area contributed by atoms with Crippen molar-refractivity contribution >= 4 is 17.5 Å². The van der Waals surface area contributed by atoms with E-state index in [0.717, 1.165) is 5.56 Å². The van der Waals surface area contributed by atoms with Gasteiger partial charge in [0.25, 0.3) is 0 Å². The van der Waals surface area contributed by atoms with Crippen LogP contribution in [0.2, 0.25) is 0 Å². The Balaban J connectivity index is 2.61. The summed E-state index contributed by atoms with van der Waals surface area (Å²) in [5.41, 5.74) is 1.48. The minimum Gasteiger partial charge on any atom is -0.394 e. The molecule has 0 bridgehead atoms. The molecular weight excluding hydrogens is 220 g/mol. The molecule has 0 aliphatic rings. The molecule has 0 saturated heterocycles. The SMILES string of the molecule is Cc1ccccc1NC(=O)C(=O)NC(C)CO. The summed E-state index contributed by atoms with van der Waals surface area (Å²) < 4.78 is 0. The molecule has 0 fully saturated rings. The summed E-state index contributed by atoms with van der Waals surface area (Å²) >= 11 is 0. The third-order valence-electron chi connectivity index (χ3n) is 2.25. The molecule has 0 spiro atoms. The molecule has 5 heteroatoms. The van der Waals surface area contributed by atoms with Crippen molar-refractivity contribution in [2.24, 2.45) is 0 Å². The number of nitrogens with one attached hydrogen (secondary N) is 2. The van der Waals surface area contributed by atoms with Crippen LogP contribution in [-0.2, 0) is 9.59 Å². The second-order valence-corrected chi connectivity index (χ2v) is 3.83. The molecule has 17 heavy (non-hydrogen) atoms. The second kappa shape index (κ2) is 6.00. The van der Waals surface area contributed by atoms with Crippen molar-refractivity contribution in [3.8, 4) is 0 Å². The average molecular weight is 236 g/mol. The Kier molecular flexibility index (Phi) is 4.66. The highest BCUT2D eigenvalue weighted by Crippen LogP contribution is 2.12. The van der Waals surface area contributed by atoms with Crippen LogP contribution in [0.15, 0.2) is 24.3 Å². The molecule has 0 heterocycles. The van der Waals surface area contributed by atoms with E-state index in [-0.39, 0.29) is 6.61 Å². The first-order valence-corrected chi connectivity index (χ1v) is 5.33. The van der Waals surface area contributed by atoms with Crippen LogP contribution in [0, 0.1) is 6.92 Å². The number of aryl methyl sites for hydroxylation is 1. The maximum Gasteiger partial charge on any atom is 0.313 e. The number of hydrogen-bond donors (Lipinski definition) is 3. The third-order valence-corrected chi connectivity index (χ3v) is 2.25. The van der Waals surface area contributed by atoms with Gasteiger partial charge in [-0.15, -0.1) is 0 Å². The van der Waals surface area contributed by atoms with Crippen molar-refractivity contribution in [2.75, 3.05) is 11.9 Å². The highest BCUT2D eigenvalue weighted by Gasteiger charge is 2.16. The molecular formula is C12H16N2O3. The molecule has 0 aromatic heterocycles. The van der Waals surface area contributed by atoms with Gasteiger partial charge in [0.1, 0.15) is 0 Å². The van der Waals surface area contributed by atoms with Crippen molar-refractivity contribution in [1.29, 1.82) is 0 Å². The molecule has 0 saturated carbocycles. The van der Waals surface area contributed by atoms with E-state index in [9.17, 15) is 9.59 Å². The fourth-order valence-electron chi connectivity index (χ4n) is 1.23. The van der Waals surface area contributed by atoms with Gasteiger partial charge in [0.15, 0.2) is 0 Å². The standard InChI is InChI=1S/C12H16N2O3/c1-8-5-3-4-6-10(8)14-12(17)11(16)13-9(2)7-15/h3-6,9,15H,7H2,1-2H3,(H,13,16)(H,14,17). The van der Waals surface area contributed by atoms with Gasteiger partial charge in [0.05, 0.1) is 6.61 Å². The molecule has 1 unspecified atom stereocenters. The van der Waals surface area contributed by atoms with E-state index in [4.69, 9.17) is 5.11 Å². The van der Waals surface area contributed by atoms with Crippen LogP contribution in [0.25, 0.3) is 0 Å². The summed E-state index contributed by atoms with van der Waals surface area (Å²) in [4.78, 5) is 22.9. The van der Waals surface area contributed by atoms with Crippen molar-refractivity contribution in [3.05, 3.63) is 29.8 Å². The van der Waals surface area contributed by atoms with E-state index in [2.05, 4.69) is 10.6 Å². The van der Waals surface area contributed by atoms with Crippen LogP contribution in [0.4, 0.5) is 5.69 Å². The lowest BCUT2D eigenvalue weighted by Gasteiger charge is -2.11. The number of benzene rings is 1. The molecule has 1 aromatic carbocycles. The van der Waals surface area contributed by atoms with Gasteiger partial charge in [-0.05, 0) is 25.5 Å². The monoisotopic (exact) mass is 236 g/mol. The molecule has 1 rings (SSSR count). The summed E-state index contributed by atoms with van der Waals surface area (Å²) in [6, 6.07) is 6.74. The fourth-order valence-corrected chi connectivity index (χ4v) is 1.23. The van der Waals surface area contributed by atoms with Crippen LogP contribution >= 0.6 is 0 Å². The van der Waals surface area contributed by atoms with E-state index < -0.39 is 17.9 Å². The zero-order chi connectivity index (χ0) is 12.8. The van der Waals surface area contributed by atoms with Gasteiger partial charge in [0.2, 0.25) is 0 Å². The zero-order valence-corrected chi connectivity index (χ0v) is 9.86. The quantitative estimate of drug-likeness (QED) is 0.666.